The van der Waals surface area contributed by atoms with Gasteiger partial charge in [0.2, 0.25) is 11.8 Å². The normalized spacial score (nSPS) is 20.7. The van der Waals surface area contributed by atoms with Gasteiger partial charge in [0, 0.05) is 45.3 Å². The number of nitrogens with two attached hydrogens (primary N) is 1. The number of morpholine rings is 1. The maximum Gasteiger partial charge on any atom is 0.258 e. The third kappa shape index (κ3) is 7.25. The molecule has 2 unspecified atom stereocenters. The third-order valence-electron chi connectivity index (χ3n) is 7.71. The van der Waals surface area contributed by atoms with Crippen molar-refractivity contribution in [3.05, 3.63) is 47.2 Å². The number of hydrogen-bond acceptors (Lipinski definition) is 8. The number of amides is 1. The largest absolute Gasteiger partial charge is 0.473 e. The van der Waals surface area contributed by atoms with Crippen LogP contribution < -0.4 is 10.5 Å². The Labute approximate surface area is 231 Å². The van der Waals surface area contributed by atoms with Gasteiger partial charge < -0.3 is 24.8 Å². The van der Waals surface area contributed by atoms with E-state index in [0.29, 0.717) is 51.9 Å². The topological polar surface area (TPSA) is 112 Å². The molecule has 214 valence electrons. The summed E-state index contributed by atoms with van der Waals surface area (Å²) < 4.78 is 18.3. The van der Waals surface area contributed by atoms with E-state index in [0.717, 1.165) is 36.3 Å². The van der Waals surface area contributed by atoms with Gasteiger partial charge in [-0.3, -0.25) is 14.5 Å². The number of methoxy groups -OCH3 is 1. The zero-order valence-electron chi connectivity index (χ0n) is 23.7. The highest BCUT2D eigenvalue weighted by atomic mass is 16.5. The van der Waals surface area contributed by atoms with Gasteiger partial charge in [-0.1, -0.05) is 31.2 Å². The number of aromatic nitrogens is 2. The molecule has 0 bridgehead atoms. The summed E-state index contributed by atoms with van der Waals surface area (Å²) in [5.74, 6) is 0.836. The maximum atomic E-state index is 13.5. The van der Waals surface area contributed by atoms with Crippen molar-refractivity contribution in [2.24, 2.45) is 17.1 Å². The highest BCUT2D eigenvalue weighted by molar-refractivity contribution is 5.85. The molecule has 0 aliphatic carbocycles. The van der Waals surface area contributed by atoms with E-state index in [1.165, 1.54) is 4.68 Å². The second-order valence-corrected chi connectivity index (χ2v) is 11.4. The van der Waals surface area contributed by atoms with Crippen LogP contribution in [0.1, 0.15) is 54.7 Å². The molecular weight excluding hydrogens is 498 g/mol. The fraction of sp³-hybridized carbons (Fsp3) is 0.621. The smallest absolute Gasteiger partial charge is 0.258 e. The summed E-state index contributed by atoms with van der Waals surface area (Å²) >= 11 is 0. The van der Waals surface area contributed by atoms with Gasteiger partial charge in [-0.05, 0) is 43.9 Å². The minimum atomic E-state index is -0.770. The first-order valence-electron chi connectivity index (χ1n) is 13.8. The van der Waals surface area contributed by atoms with E-state index in [9.17, 15) is 9.59 Å². The Morgan fingerprint density at radius 1 is 1.13 bits per heavy atom. The lowest BCUT2D eigenvalue weighted by Crippen LogP contribution is -2.48. The molecule has 10 nitrogen and oxygen atoms in total. The molecule has 39 heavy (non-hydrogen) atoms. The van der Waals surface area contributed by atoms with Crippen molar-refractivity contribution in [2.75, 3.05) is 59.7 Å². The average Bonchev–Trinajstić information content (AvgIpc) is 3.36. The molecule has 2 N–H and O–H groups in total. The van der Waals surface area contributed by atoms with Crippen LogP contribution >= 0.6 is 0 Å². The lowest BCUT2D eigenvalue weighted by molar-refractivity contribution is -0.136. The quantitative estimate of drug-likeness (QED) is 0.488. The van der Waals surface area contributed by atoms with E-state index >= 15 is 0 Å². The van der Waals surface area contributed by atoms with Gasteiger partial charge in [0.1, 0.15) is 6.61 Å². The van der Waals surface area contributed by atoms with Crippen molar-refractivity contribution < 1.29 is 23.8 Å². The van der Waals surface area contributed by atoms with Crippen molar-refractivity contribution in [1.29, 1.82) is 0 Å². The van der Waals surface area contributed by atoms with Gasteiger partial charge in [0.25, 0.3) is 5.91 Å². The Hall–Kier alpha value is -2.79. The number of benzene rings is 1. The second-order valence-electron chi connectivity index (χ2n) is 11.4. The second kappa shape index (κ2) is 13.0. The summed E-state index contributed by atoms with van der Waals surface area (Å²) in [4.78, 5) is 30.4. The fourth-order valence-corrected chi connectivity index (χ4v) is 5.37. The molecule has 1 aromatic carbocycles. The standard InChI is InChI=1S/C29H43N5O5/c1-21-17-32(18-26(35)33-11-13-38-14-12-33)10-9-24(21)25-15-27(34(31-25)28(36)29(2,3)20-37-4)39-19-23-7-5-22(16-30)6-8-23/h5-8,15,21,24H,9-14,16-20,30H2,1-4H3. The Morgan fingerprint density at radius 3 is 2.46 bits per heavy atom. The highest BCUT2D eigenvalue weighted by Crippen LogP contribution is 2.35. The Kier molecular flexibility index (Phi) is 9.76. The van der Waals surface area contributed by atoms with Crippen LogP contribution in [0.15, 0.2) is 30.3 Å². The molecule has 1 amide bonds. The van der Waals surface area contributed by atoms with E-state index in [-0.39, 0.29) is 30.3 Å². The number of carbonyl (C=O) groups is 2. The lowest BCUT2D eigenvalue weighted by atomic mass is 9.84. The van der Waals surface area contributed by atoms with Crippen molar-refractivity contribution in [1.82, 2.24) is 19.6 Å². The molecular formula is C29H43N5O5. The van der Waals surface area contributed by atoms with Crippen LogP contribution in [-0.4, -0.2) is 91.0 Å². The van der Waals surface area contributed by atoms with Crippen molar-refractivity contribution in [2.45, 2.75) is 46.3 Å². The number of piperidine rings is 1. The summed E-state index contributed by atoms with van der Waals surface area (Å²) in [5.41, 5.74) is 7.83. The number of nitrogens with zero attached hydrogens (tertiary/aromatic N) is 4. The van der Waals surface area contributed by atoms with Crippen LogP contribution in [-0.2, 0) is 27.4 Å². The Bertz CT molecular complexity index is 1110. The van der Waals surface area contributed by atoms with Gasteiger partial charge >= 0.3 is 0 Å². The van der Waals surface area contributed by atoms with Gasteiger partial charge in [-0.15, -0.1) is 0 Å². The van der Waals surface area contributed by atoms with Crippen molar-refractivity contribution in [3.63, 3.8) is 0 Å². The van der Waals surface area contributed by atoms with Crippen LogP contribution in [0.5, 0.6) is 5.88 Å². The number of hydrogen-bond donors (Lipinski definition) is 1. The monoisotopic (exact) mass is 541 g/mol. The molecule has 2 aliphatic rings. The molecule has 3 heterocycles. The number of rotatable bonds is 10. The minimum absolute atomic E-state index is 0.158. The highest BCUT2D eigenvalue weighted by Gasteiger charge is 2.35. The maximum absolute atomic E-state index is 13.5. The first-order valence-corrected chi connectivity index (χ1v) is 13.8. The summed E-state index contributed by atoms with van der Waals surface area (Å²) in [6.07, 6.45) is 0.851. The van der Waals surface area contributed by atoms with E-state index in [2.05, 4.69) is 11.8 Å². The summed E-state index contributed by atoms with van der Waals surface area (Å²) in [6.45, 7) is 11.5. The molecule has 2 aromatic rings. The Balaban J connectivity index is 1.48. The zero-order valence-corrected chi connectivity index (χ0v) is 23.7. The van der Waals surface area contributed by atoms with E-state index < -0.39 is 5.41 Å². The SMILES string of the molecule is COCC(C)(C)C(=O)n1nc(C2CCN(CC(=O)N3CCOCC3)CC2C)cc1OCc1ccc(CN)cc1. The van der Waals surface area contributed by atoms with E-state index in [4.69, 9.17) is 25.0 Å². The summed E-state index contributed by atoms with van der Waals surface area (Å²) in [5, 5.41) is 4.79. The summed E-state index contributed by atoms with van der Waals surface area (Å²) in [6, 6.07) is 9.83. The predicted octanol–water partition coefficient (Wildman–Crippen LogP) is 2.52. The van der Waals surface area contributed by atoms with Gasteiger partial charge in [0.15, 0.2) is 0 Å². The Morgan fingerprint density at radius 2 is 1.82 bits per heavy atom. The van der Waals surface area contributed by atoms with Gasteiger partial charge in [-0.25, -0.2) is 0 Å². The van der Waals surface area contributed by atoms with Crippen molar-refractivity contribution in [3.8, 4) is 5.88 Å². The van der Waals surface area contributed by atoms with E-state index in [1.807, 2.05) is 49.1 Å². The molecule has 2 fully saturated rings. The molecule has 2 saturated heterocycles. The molecule has 2 atom stereocenters. The number of carbonyl (C=O) groups excluding carboxylic acids is 2. The van der Waals surface area contributed by atoms with Gasteiger partial charge in [-0.2, -0.15) is 9.78 Å². The molecule has 0 radical (unpaired) electrons. The average molecular weight is 542 g/mol. The van der Waals surface area contributed by atoms with E-state index in [1.54, 1.807) is 7.11 Å². The van der Waals surface area contributed by atoms with Crippen LogP contribution in [0, 0.1) is 11.3 Å². The molecule has 0 spiro atoms. The number of ether oxygens (including phenoxy) is 3. The lowest BCUT2D eigenvalue weighted by Gasteiger charge is -2.37. The number of likely N-dealkylation sites (tertiary alicyclic amines) is 1. The van der Waals surface area contributed by atoms with Gasteiger partial charge in [0.05, 0.1) is 37.5 Å². The molecule has 2 aliphatic heterocycles. The first kappa shape index (κ1) is 29.2. The molecule has 1 aromatic heterocycles. The zero-order chi connectivity index (χ0) is 28.0. The van der Waals surface area contributed by atoms with Crippen LogP contribution in [0.2, 0.25) is 0 Å². The third-order valence-corrected chi connectivity index (χ3v) is 7.71. The van der Waals surface area contributed by atoms with Crippen LogP contribution in [0.25, 0.3) is 0 Å². The summed E-state index contributed by atoms with van der Waals surface area (Å²) in [7, 11) is 1.59. The molecule has 10 heteroatoms. The van der Waals surface area contributed by atoms with Crippen LogP contribution in [0.4, 0.5) is 0 Å². The van der Waals surface area contributed by atoms with Crippen LogP contribution in [0.3, 0.4) is 0 Å². The predicted molar refractivity (Wildman–Crippen MR) is 148 cm³/mol. The first-order chi connectivity index (χ1) is 18.7. The minimum Gasteiger partial charge on any atom is -0.473 e. The molecule has 0 saturated carbocycles. The van der Waals surface area contributed by atoms with Crippen molar-refractivity contribution >= 4 is 11.8 Å². The fourth-order valence-electron chi connectivity index (χ4n) is 5.37. The molecule has 4 rings (SSSR count).